The summed E-state index contributed by atoms with van der Waals surface area (Å²) in [6.45, 7) is 4.33. The molecule has 0 radical (unpaired) electrons. The quantitative estimate of drug-likeness (QED) is 0.770. The van der Waals surface area contributed by atoms with Crippen LogP contribution in [-0.2, 0) is 20.9 Å². The highest BCUT2D eigenvalue weighted by Crippen LogP contribution is 2.15. The van der Waals surface area contributed by atoms with Gasteiger partial charge in [0.15, 0.2) is 0 Å². The Hall–Kier alpha value is -2.45. The molecule has 0 saturated carbocycles. The number of carbonyl (C=O) groups excluding carboxylic acids is 1. The summed E-state index contributed by atoms with van der Waals surface area (Å²) in [5.41, 5.74) is 2.19. The Kier molecular flexibility index (Phi) is 5.62. The van der Waals surface area contributed by atoms with E-state index in [2.05, 4.69) is 25.8 Å². The number of nitrogens with one attached hydrogen (secondary N) is 1. The maximum absolute atomic E-state index is 12.0. The van der Waals surface area contributed by atoms with Crippen molar-refractivity contribution in [1.82, 2.24) is 19.8 Å². The first-order chi connectivity index (χ1) is 12.2. The van der Waals surface area contributed by atoms with E-state index in [1.54, 1.807) is 0 Å². The number of para-hydroxylation sites is 2. The number of rotatable bonds is 3. The normalized spacial score (nSPS) is 23.3. The fourth-order valence-electron chi connectivity index (χ4n) is 3.34. The molecule has 1 aromatic carbocycles. The number of imidazole rings is 1. The van der Waals surface area contributed by atoms with Crippen LogP contribution in [0.15, 0.2) is 30.6 Å². The highest BCUT2D eigenvalue weighted by molar-refractivity contribution is 5.80. The number of hydrogen-bond acceptors (Lipinski definition) is 5. The molecule has 2 aliphatic rings. The zero-order chi connectivity index (χ0) is 17.6. The van der Waals surface area contributed by atoms with E-state index < -0.39 is 0 Å². The van der Waals surface area contributed by atoms with E-state index in [0.29, 0.717) is 13.2 Å². The second-order valence-corrected chi connectivity index (χ2v) is 6.23. The number of carbonyl (C=O) groups is 2. The number of aromatic nitrogens is 2. The second-order valence-electron chi connectivity index (χ2n) is 6.23. The van der Waals surface area contributed by atoms with Crippen LogP contribution in [0, 0.1) is 5.92 Å². The number of ether oxygens (including phenoxy) is 1. The molecule has 2 saturated heterocycles. The van der Waals surface area contributed by atoms with Gasteiger partial charge in [-0.15, -0.1) is 0 Å². The molecule has 25 heavy (non-hydrogen) atoms. The Morgan fingerprint density at radius 2 is 2.08 bits per heavy atom. The highest BCUT2D eigenvalue weighted by Gasteiger charge is 2.32. The van der Waals surface area contributed by atoms with Crippen LogP contribution < -0.4 is 5.32 Å². The molecule has 2 aromatic rings. The summed E-state index contributed by atoms with van der Waals surface area (Å²) in [4.78, 5) is 27.2. The van der Waals surface area contributed by atoms with Crippen molar-refractivity contribution in [3.05, 3.63) is 30.6 Å². The van der Waals surface area contributed by atoms with Crippen LogP contribution in [0.25, 0.3) is 11.0 Å². The Morgan fingerprint density at radius 3 is 2.92 bits per heavy atom. The number of carboxylic acid groups (broad SMARTS) is 1. The predicted molar refractivity (Wildman–Crippen MR) is 91.1 cm³/mol. The van der Waals surface area contributed by atoms with Gasteiger partial charge >= 0.3 is 0 Å². The lowest BCUT2D eigenvalue weighted by molar-refractivity contribution is -0.125. The van der Waals surface area contributed by atoms with Crippen LogP contribution in [0.5, 0.6) is 0 Å². The minimum atomic E-state index is -0.250. The van der Waals surface area contributed by atoms with Crippen LogP contribution >= 0.6 is 0 Å². The van der Waals surface area contributed by atoms with E-state index in [-0.39, 0.29) is 24.3 Å². The molecule has 2 bridgehead atoms. The molecule has 3 heterocycles. The van der Waals surface area contributed by atoms with Gasteiger partial charge in [-0.2, -0.15) is 0 Å². The molecule has 0 unspecified atom stereocenters. The third kappa shape index (κ3) is 4.15. The van der Waals surface area contributed by atoms with E-state index in [0.717, 1.165) is 37.2 Å². The molecule has 0 spiro atoms. The summed E-state index contributed by atoms with van der Waals surface area (Å²) in [5.74, 6) is 0.0881. The lowest BCUT2D eigenvalue weighted by atomic mass is 10.1. The minimum Gasteiger partial charge on any atom is -0.483 e. The zero-order valence-electron chi connectivity index (χ0n) is 13.9. The third-order valence-electron chi connectivity index (χ3n) is 4.50. The van der Waals surface area contributed by atoms with E-state index in [1.807, 2.05) is 24.5 Å². The summed E-state index contributed by atoms with van der Waals surface area (Å²) in [5, 5.41) is 9.96. The zero-order valence-corrected chi connectivity index (χ0v) is 13.9. The molecule has 2 fully saturated rings. The number of amides is 1. The maximum atomic E-state index is 12.0. The fourth-order valence-corrected chi connectivity index (χ4v) is 3.34. The number of fused-ring (bicyclic) bond motifs is 4. The average Bonchev–Trinajstić information content (AvgIpc) is 2.83. The van der Waals surface area contributed by atoms with Gasteiger partial charge in [-0.25, -0.2) is 4.98 Å². The highest BCUT2D eigenvalue weighted by atomic mass is 16.5. The van der Waals surface area contributed by atoms with Gasteiger partial charge in [-0.1, -0.05) is 12.1 Å². The molecule has 134 valence electrons. The molecule has 1 amide bonds. The number of nitrogens with zero attached hydrogens (tertiary/aromatic N) is 3. The smallest absolute Gasteiger partial charge is 0.290 e. The molecule has 1 aromatic heterocycles. The van der Waals surface area contributed by atoms with Gasteiger partial charge in [-0.3, -0.25) is 14.5 Å². The van der Waals surface area contributed by atoms with Crippen molar-refractivity contribution in [3.8, 4) is 0 Å². The lowest BCUT2D eigenvalue weighted by Gasteiger charge is -2.27. The number of hydrogen-bond donors (Lipinski definition) is 2. The topological polar surface area (TPSA) is 96.7 Å². The summed E-state index contributed by atoms with van der Waals surface area (Å²) in [6, 6.07) is 8.28. The van der Waals surface area contributed by atoms with Crippen molar-refractivity contribution >= 4 is 23.4 Å². The summed E-state index contributed by atoms with van der Waals surface area (Å²) in [6.07, 6.45) is 1.90. The van der Waals surface area contributed by atoms with E-state index >= 15 is 0 Å². The molecular weight excluding hydrogens is 324 g/mol. The molecule has 2 aliphatic heterocycles. The molecule has 0 aliphatic carbocycles. The van der Waals surface area contributed by atoms with Crippen LogP contribution in [0.1, 0.15) is 0 Å². The SMILES string of the molecule is O=C1N[C@@H]2COC[C@H]1CN(CCn1cnc3ccccc31)C2.O=CO. The fraction of sp³-hybridized carbons (Fsp3) is 0.471. The van der Waals surface area contributed by atoms with Crippen molar-refractivity contribution in [3.63, 3.8) is 0 Å². The summed E-state index contributed by atoms with van der Waals surface area (Å²) >= 11 is 0. The first kappa shape index (κ1) is 17.4. The maximum Gasteiger partial charge on any atom is 0.290 e. The minimum absolute atomic E-state index is 0.0490. The first-order valence-corrected chi connectivity index (χ1v) is 8.29. The molecule has 2 atom stereocenters. The van der Waals surface area contributed by atoms with Crippen LogP contribution in [-0.4, -0.2) is 70.8 Å². The average molecular weight is 346 g/mol. The van der Waals surface area contributed by atoms with Crippen LogP contribution in [0.2, 0.25) is 0 Å². The van der Waals surface area contributed by atoms with Gasteiger partial charge in [0.2, 0.25) is 5.91 Å². The summed E-state index contributed by atoms with van der Waals surface area (Å²) < 4.78 is 7.75. The Labute approximate surface area is 145 Å². The summed E-state index contributed by atoms with van der Waals surface area (Å²) in [7, 11) is 0. The van der Waals surface area contributed by atoms with Crippen LogP contribution in [0.4, 0.5) is 0 Å². The van der Waals surface area contributed by atoms with Gasteiger partial charge in [0.25, 0.3) is 6.47 Å². The standard InChI is InChI=1S/C16H20N4O2.CH2O2/c21-16-12-7-19(8-13(18-16)10-22-9-12)5-6-20-11-17-14-3-1-2-4-15(14)20;2-1-3/h1-4,11-13H,5-10H2,(H,18,21);1H,(H,2,3)/t12-,13+;/m1./s1. The van der Waals surface area contributed by atoms with Gasteiger partial charge in [0.1, 0.15) is 0 Å². The van der Waals surface area contributed by atoms with Crippen molar-refractivity contribution in [2.24, 2.45) is 5.92 Å². The van der Waals surface area contributed by atoms with Crippen LogP contribution in [0.3, 0.4) is 0 Å². The number of benzene rings is 1. The van der Waals surface area contributed by atoms with Gasteiger partial charge < -0.3 is 19.7 Å². The monoisotopic (exact) mass is 346 g/mol. The van der Waals surface area contributed by atoms with E-state index in [1.165, 1.54) is 0 Å². The van der Waals surface area contributed by atoms with E-state index in [4.69, 9.17) is 14.6 Å². The molecular formula is C17H22N4O4. The van der Waals surface area contributed by atoms with Crippen molar-refractivity contribution in [2.45, 2.75) is 12.6 Å². The van der Waals surface area contributed by atoms with E-state index in [9.17, 15) is 4.79 Å². The second kappa shape index (κ2) is 8.09. The molecule has 4 rings (SSSR count). The first-order valence-electron chi connectivity index (χ1n) is 8.29. The largest absolute Gasteiger partial charge is 0.483 e. The molecule has 2 N–H and O–H groups in total. The van der Waals surface area contributed by atoms with Crippen molar-refractivity contribution in [1.29, 1.82) is 0 Å². The van der Waals surface area contributed by atoms with Crippen molar-refractivity contribution < 1.29 is 19.4 Å². The third-order valence-corrected chi connectivity index (χ3v) is 4.50. The Morgan fingerprint density at radius 1 is 1.28 bits per heavy atom. The lowest BCUT2D eigenvalue weighted by Crippen LogP contribution is -2.42. The van der Waals surface area contributed by atoms with Gasteiger partial charge in [0.05, 0.1) is 42.5 Å². The van der Waals surface area contributed by atoms with Gasteiger partial charge in [0, 0.05) is 26.2 Å². The van der Waals surface area contributed by atoms with Gasteiger partial charge in [-0.05, 0) is 12.1 Å². The molecule has 8 heteroatoms. The van der Waals surface area contributed by atoms with Crippen molar-refractivity contribution in [2.75, 3.05) is 32.8 Å². The molecule has 8 nitrogen and oxygen atoms in total. The Balaban J connectivity index is 0.000000569. The Bertz CT molecular complexity index is 732. The predicted octanol–water partition coefficient (Wildman–Crippen LogP) is 0.184.